The zero-order valence-electron chi connectivity index (χ0n) is 16.5. The highest BCUT2D eigenvalue weighted by Gasteiger charge is 2.22. The molecule has 0 atom stereocenters. The minimum Gasteiger partial charge on any atom is -0.342 e. The molecule has 1 saturated heterocycles. The number of benzene rings is 1. The van der Waals surface area contributed by atoms with E-state index in [1.807, 2.05) is 47.9 Å². The van der Waals surface area contributed by atoms with E-state index < -0.39 is 0 Å². The predicted molar refractivity (Wildman–Crippen MR) is 110 cm³/mol. The van der Waals surface area contributed by atoms with Crippen molar-refractivity contribution >= 4 is 28.9 Å². The fourth-order valence-corrected chi connectivity index (χ4v) is 3.31. The van der Waals surface area contributed by atoms with Gasteiger partial charge in [0.25, 0.3) is 0 Å². The maximum Gasteiger partial charge on any atom is 0.246 e. The Morgan fingerprint density at radius 2 is 1.75 bits per heavy atom. The molecule has 0 radical (unpaired) electrons. The Bertz CT molecular complexity index is 855. The molecule has 1 aliphatic heterocycles. The van der Waals surface area contributed by atoms with Crippen LogP contribution in [0.15, 0.2) is 36.5 Å². The fraction of sp³-hybridized carbons (Fsp3) is 0.429. The van der Waals surface area contributed by atoms with E-state index in [0.717, 1.165) is 24.1 Å². The number of para-hydroxylation sites is 2. The van der Waals surface area contributed by atoms with Crippen LogP contribution >= 0.6 is 0 Å². The van der Waals surface area contributed by atoms with Crippen molar-refractivity contribution in [2.75, 3.05) is 45.8 Å². The predicted octanol–water partition coefficient (Wildman–Crippen LogP) is 1.66. The first-order valence-electron chi connectivity index (χ1n) is 9.79. The van der Waals surface area contributed by atoms with E-state index in [9.17, 15) is 9.59 Å². The second-order valence-electron chi connectivity index (χ2n) is 6.78. The van der Waals surface area contributed by atoms with Gasteiger partial charge in [-0.3, -0.25) is 19.5 Å². The summed E-state index contributed by atoms with van der Waals surface area (Å²) in [4.78, 5) is 39.3. The van der Waals surface area contributed by atoms with Crippen LogP contribution in [0.5, 0.6) is 0 Å². The highest BCUT2D eigenvalue weighted by Crippen LogP contribution is 2.10. The molecule has 2 amide bonds. The second kappa shape index (κ2) is 9.41. The zero-order valence-corrected chi connectivity index (χ0v) is 16.5. The number of amides is 2. The molecular weight excluding hydrogens is 354 g/mol. The maximum atomic E-state index is 12.5. The van der Waals surface area contributed by atoms with E-state index in [0.29, 0.717) is 38.4 Å². The van der Waals surface area contributed by atoms with Crippen molar-refractivity contribution in [3.05, 3.63) is 42.2 Å². The maximum absolute atomic E-state index is 12.5. The summed E-state index contributed by atoms with van der Waals surface area (Å²) in [6, 6.07) is 7.65. The highest BCUT2D eigenvalue weighted by atomic mass is 16.2. The first-order chi connectivity index (χ1) is 13.6. The number of rotatable bonds is 6. The van der Waals surface area contributed by atoms with Gasteiger partial charge in [0.05, 0.1) is 29.5 Å². The van der Waals surface area contributed by atoms with Crippen LogP contribution < -0.4 is 0 Å². The molecule has 7 heteroatoms. The molecule has 1 aliphatic rings. The molecule has 0 N–H and O–H groups in total. The molecule has 7 nitrogen and oxygen atoms in total. The molecule has 28 heavy (non-hydrogen) atoms. The van der Waals surface area contributed by atoms with Gasteiger partial charge in [0, 0.05) is 45.3 Å². The normalized spacial score (nSPS) is 15.3. The summed E-state index contributed by atoms with van der Waals surface area (Å²) < 4.78 is 0. The summed E-state index contributed by atoms with van der Waals surface area (Å²) in [5.41, 5.74) is 2.31. The Balaban J connectivity index is 1.52. The Morgan fingerprint density at radius 1 is 1.07 bits per heavy atom. The number of carbonyl (C=O) groups is 2. The molecular formula is C21H27N5O2. The topological polar surface area (TPSA) is 69.6 Å². The first-order valence-corrected chi connectivity index (χ1v) is 9.79. The van der Waals surface area contributed by atoms with Crippen molar-refractivity contribution in [1.82, 2.24) is 24.7 Å². The van der Waals surface area contributed by atoms with E-state index in [-0.39, 0.29) is 11.8 Å². The number of aromatic nitrogens is 2. The van der Waals surface area contributed by atoms with E-state index in [4.69, 9.17) is 0 Å². The minimum absolute atomic E-state index is 0.0373. The summed E-state index contributed by atoms with van der Waals surface area (Å²) in [5.74, 6) is 0.115. The molecule has 1 aromatic carbocycles. The van der Waals surface area contributed by atoms with Crippen molar-refractivity contribution in [3.63, 3.8) is 0 Å². The number of likely N-dealkylation sites (N-methyl/N-ethyl adjacent to an activating group) is 1. The van der Waals surface area contributed by atoms with Gasteiger partial charge in [0.1, 0.15) is 0 Å². The molecule has 2 heterocycles. The van der Waals surface area contributed by atoms with Gasteiger partial charge in [-0.05, 0) is 32.1 Å². The lowest BCUT2D eigenvalue weighted by Crippen LogP contribution is -2.51. The molecule has 1 fully saturated rings. The van der Waals surface area contributed by atoms with Gasteiger partial charge in [0.2, 0.25) is 11.8 Å². The Kier molecular flexibility index (Phi) is 6.71. The standard InChI is InChI=1S/C21H27N5O2/c1-3-25(4-2)21(28)16-24-11-13-26(14-12-24)20(27)10-9-17-15-22-18-7-5-6-8-19(18)23-17/h5-10,15H,3-4,11-14,16H2,1-2H3/b10-9+. The molecule has 0 bridgehead atoms. The molecule has 0 unspecified atom stereocenters. The van der Waals surface area contributed by atoms with Gasteiger partial charge in [-0.2, -0.15) is 0 Å². The lowest BCUT2D eigenvalue weighted by molar-refractivity contribution is -0.133. The molecule has 0 spiro atoms. The fourth-order valence-electron chi connectivity index (χ4n) is 3.31. The van der Waals surface area contributed by atoms with Crippen LogP contribution in [0.2, 0.25) is 0 Å². The van der Waals surface area contributed by atoms with E-state index >= 15 is 0 Å². The lowest BCUT2D eigenvalue weighted by atomic mass is 10.2. The van der Waals surface area contributed by atoms with E-state index in [2.05, 4.69) is 14.9 Å². The summed E-state index contributed by atoms with van der Waals surface area (Å²) in [5, 5.41) is 0. The third-order valence-corrected chi connectivity index (χ3v) is 5.02. The largest absolute Gasteiger partial charge is 0.342 e. The van der Waals surface area contributed by atoms with Crippen molar-refractivity contribution in [2.24, 2.45) is 0 Å². The smallest absolute Gasteiger partial charge is 0.246 e. The van der Waals surface area contributed by atoms with Crippen LogP contribution in [0.4, 0.5) is 0 Å². The van der Waals surface area contributed by atoms with E-state index in [1.165, 1.54) is 0 Å². The third-order valence-electron chi connectivity index (χ3n) is 5.02. The lowest BCUT2D eigenvalue weighted by Gasteiger charge is -2.34. The van der Waals surface area contributed by atoms with Crippen LogP contribution in [0, 0.1) is 0 Å². The number of fused-ring (bicyclic) bond motifs is 1. The number of nitrogens with zero attached hydrogens (tertiary/aromatic N) is 5. The van der Waals surface area contributed by atoms with Gasteiger partial charge in [-0.15, -0.1) is 0 Å². The van der Waals surface area contributed by atoms with Crippen LogP contribution in [0.25, 0.3) is 17.1 Å². The van der Waals surface area contributed by atoms with Crippen molar-refractivity contribution < 1.29 is 9.59 Å². The van der Waals surface area contributed by atoms with Gasteiger partial charge < -0.3 is 9.80 Å². The van der Waals surface area contributed by atoms with Gasteiger partial charge in [-0.1, -0.05) is 12.1 Å². The van der Waals surface area contributed by atoms with Gasteiger partial charge in [-0.25, -0.2) is 4.98 Å². The Morgan fingerprint density at radius 3 is 2.43 bits per heavy atom. The van der Waals surface area contributed by atoms with Crippen LogP contribution in [-0.4, -0.2) is 82.3 Å². The van der Waals surface area contributed by atoms with Crippen LogP contribution in [0.3, 0.4) is 0 Å². The molecule has 2 aromatic rings. The first kappa shape index (κ1) is 19.9. The van der Waals surface area contributed by atoms with Crippen molar-refractivity contribution in [2.45, 2.75) is 13.8 Å². The molecule has 1 aromatic heterocycles. The number of hydrogen-bond acceptors (Lipinski definition) is 5. The van der Waals surface area contributed by atoms with E-state index in [1.54, 1.807) is 18.3 Å². The van der Waals surface area contributed by atoms with Gasteiger partial charge in [0.15, 0.2) is 0 Å². The van der Waals surface area contributed by atoms with Gasteiger partial charge >= 0.3 is 0 Å². The summed E-state index contributed by atoms with van der Waals surface area (Å²) in [6.07, 6.45) is 4.93. The number of hydrogen-bond donors (Lipinski definition) is 0. The average Bonchev–Trinajstić information content (AvgIpc) is 2.73. The summed E-state index contributed by atoms with van der Waals surface area (Å²) in [6.45, 7) is 8.54. The summed E-state index contributed by atoms with van der Waals surface area (Å²) >= 11 is 0. The average molecular weight is 381 g/mol. The number of carbonyl (C=O) groups excluding carboxylic acids is 2. The Labute approximate surface area is 165 Å². The van der Waals surface area contributed by atoms with Crippen LogP contribution in [0.1, 0.15) is 19.5 Å². The zero-order chi connectivity index (χ0) is 19.9. The van der Waals surface area contributed by atoms with Crippen molar-refractivity contribution in [1.29, 1.82) is 0 Å². The second-order valence-corrected chi connectivity index (χ2v) is 6.78. The van der Waals surface area contributed by atoms with Crippen molar-refractivity contribution in [3.8, 4) is 0 Å². The molecule has 0 saturated carbocycles. The number of piperazine rings is 1. The molecule has 148 valence electrons. The Hall–Kier alpha value is -2.80. The minimum atomic E-state index is -0.0373. The highest BCUT2D eigenvalue weighted by molar-refractivity contribution is 5.91. The molecule has 3 rings (SSSR count). The molecule has 0 aliphatic carbocycles. The monoisotopic (exact) mass is 381 g/mol. The quantitative estimate of drug-likeness (QED) is 0.712. The summed E-state index contributed by atoms with van der Waals surface area (Å²) in [7, 11) is 0. The SMILES string of the molecule is CCN(CC)C(=O)CN1CCN(C(=O)/C=C/c2cnc3ccccc3n2)CC1. The third kappa shape index (κ3) is 4.92. The van der Waals surface area contributed by atoms with Crippen LogP contribution in [-0.2, 0) is 9.59 Å².